The minimum Gasteiger partial charge on any atom is -0.396 e. The molecule has 2 aromatic rings. The number of aliphatic hydroxyl groups is 1. The zero-order valence-electron chi connectivity index (χ0n) is 12.4. The highest BCUT2D eigenvalue weighted by molar-refractivity contribution is 8.03. The molecule has 0 unspecified atom stereocenters. The van der Waals surface area contributed by atoms with Gasteiger partial charge in [-0.05, 0) is 29.4 Å². The first-order chi connectivity index (χ1) is 10.8. The summed E-state index contributed by atoms with van der Waals surface area (Å²) < 4.78 is 0. The molecule has 0 saturated carbocycles. The number of benzene rings is 2. The van der Waals surface area contributed by atoms with Crippen molar-refractivity contribution in [2.45, 2.75) is 12.8 Å². The predicted octanol–water partition coefficient (Wildman–Crippen LogP) is 4.11. The number of aryl methyl sites for hydroxylation is 1. The summed E-state index contributed by atoms with van der Waals surface area (Å²) in [4.78, 5) is 13.3. The first kappa shape index (κ1) is 16.5. The van der Waals surface area contributed by atoms with Crippen LogP contribution in [0.5, 0.6) is 0 Å². The molecule has 0 saturated heterocycles. The van der Waals surface area contributed by atoms with Crippen molar-refractivity contribution in [3.8, 4) is 0 Å². The van der Waals surface area contributed by atoms with E-state index in [-0.39, 0.29) is 12.4 Å². The van der Waals surface area contributed by atoms with E-state index >= 15 is 0 Å². The van der Waals surface area contributed by atoms with Crippen molar-refractivity contribution in [3.63, 3.8) is 0 Å². The van der Waals surface area contributed by atoms with E-state index in [4.69, 9.17) is 5.11 Å². The minimum atomic E-state index is 0.0223. The van der Waals surface area contributed by atoms with Crippen LogP contribution in [0, 0.1) is 0 Å². The number of aliphatic hydroxyl groups excluding tert-OH is 1. The number of carbonyl (C=O) groups is 1. The second-order valence-electron chi connectivity index (χ2n) is 4.90. The van der Waals surface area contributed by atoms with Crippen LogP contribution in [0.1, 0.15) is 22.3 Å². The molecule has 0 aliphatic carbocycles. The number of rotatable bonds is 8. The predicted molar refractivity (Wildman–Crippen MR) is 93.2 cm³/mol. The van der Waals surface area contributed by atoms with Gasteiger partial charge in [-0.3, -0.25) is 4.79 Å². The van der Waals surface area contributed by atoms with Gasteiger partial charge in [0.05, 0.1) is 6.61 Å². The third-order valence-electron chi connectivity index (χ3n) is 3.23. The lowest BCUT2D eigenvalue weighted by Gasteiger charge is -2.07. The average Bonchev–Trinajstić information content (AvgIpc) is 2.59. The summed E-state index contributed by atoms with van der Waals surface area (Å²) in [5, 5.41) is 9.02. The van der Waals surface area contributed by atoms with E-state index in [2.05, 4.69) is 12.1 Å². The Morgan fingerprint density at radius 2 is 1.64 bits per heavy atom. The van der Waals surface area contributed by atoms with Crippen molar-refractivity contribution < 1.29 is 9.90 Å². The van der Waals surface area contributed by atoms with E-state index in [1.807, 2.05) is 48.5 Å². The fourth-order valence-corrected chi connectivity index (χ4v) is 2.90. The summed E-state index contributed by atoms with van der Waals surface area (Å²) in [6.45, 7) is 0.118. The number of thioether (sulfide) groups is 1. The Kier molecular flexibility index (Phi) is 6.94. The second-order valence-corrected chi connectivity index (χ2v) is 6.12. The first-order valence-electron chi connectivity index (χ1n) is 7.37. The SMILES string of the molecule is O=C(/C=C(\CCc1ccccc1)SCCO)c1ccccc1. The van der Waals surface area contributed by atoms with Crippen LogP contribution in [0.2, 0.25) is 0 Å². The van der Waals surface area contributed by atoms with Crippen LogP contribution in [-0.2, 0) is 6.42 Å². The minimum absolute atomic E-state index is 0.0223. The Balaban J connectivity index is 2.04. The monoisotopic (exact) mass is 312 g/mol. The average molecular weight is 312 g/mol. The fourth-order valence-electron chi connectivity index (χ4n) is 2.11. The van der Waals surface area contributed by atoms with Crippen LogP contribution in [0.25, 0.3) is 0 Å². The van der Waals surface area contributed by atoms with Gasteiger partial charge in [-0.15, -0.1) is 11.8 Å². The third-order valence-corrected chi connectivity index (χ3v) is 4.31. The molecule has 0 radical (unpaired) electrons. The Hall–Kier alpha value is -1.84. The van der Waals surface area contributed by atoms with Crippen LogP contribution in [0.15, 0.2) is 71.6 Å². The highest BCUT2D eigenvalue weighted by atomic mass is 32.2. The summed E-state index contributed by atoms with van der Waals surface area (Å²) in [7, 11) is 0. The second kappa shape index (κ2) is 9.23. The summed E-state index contributed by atoms with van der Waals surface area (Å²) in [5.41, 5.74) is 1.95. The van der Waals surface area contributed by atoms with Gasteiger partial charge in [-0.2, -0.15) is 0 Å². The molecule has 0 aliphatic rings. The van der Waals surface area contributed by atoms with Gasteiger partial charge in [0.15, 0.2) is 5.78 Å². The van der Waals surface area contributed by atoms with Crippen molar-refractivity contribution in [2.75, 3.05) is 12.4 Å². The van der Waals surface area contributed by atoms with Crippen molar-refractivity contribution in [1.82, 2.24) is 0 Å². The van der Waals surface area contributed by atoms with Gasteiger partial charge in [-0.25, -0.2) is 0 Å². The molecule has 0 amide bonds. The summed E-state index contributed by atoms with van der Waals surface area (Å²) in [6, 6.07) is 19.5. The van der Waals surface area contributed by atoms with Gasteiger partial charge in [0.25, 0.3) is 0 Å². The number of ketones is 1. The Bertz CT molecular complexity index is 606. The summed E-state index contributed by atoms with van der Waals surface area (Å²) in [6.07, 6.45) is 3.42. The summed E-state index contributed by atoms with van der Waals surface area (Å²) in [5.74, 6) is 0.636. The molecule has 114 valence electrons. The van der Waals surface area contributed by atoms with Crippen LogP contribution in [0.4, 0.5) is 0 Å². The lowest BCUT2D eigenvalue weighted by molar-refractivity contribution is 0.104. The smallest absolute Gasteiger partial charge is 0.186 e. The van der Waals surface area contributed by atoms with Gasteiger partial charge in [0, 0.05) is 11.3 Å². The zero-order chi connectivity index (χ0) is 15.6. The van der Waals surface area contributed by atoms with Crippen molar-refractivity contribution >= 4 is 17.5 Å². The van der Waals surface area contributed by atoms with Gasteiger partial charge >= 0.3 is 0 Å². The van der Waals surface area contributed by atoms with Crippen LogP contribution < -0.4 is 0 Å². The molecule has 0 spiro atoms. The number of hydrogen-bond acceptors (Lipinski definition) is 3. The number of carbonyl (C=O) groups excluding carboxylic acids is 1. The quantitative estimate of drug-likeness (QED) is 0.589. The normalized spacial score (nSPS) is 11.4. The molecule has 0 aromatic heterocycles. The maximum atomic E-state index is 12.3. The van der Waals surface area contributed by atoms with E-state index in [1.165, 1.54) is 5.56 Å². The number of hydrogen-bond donors (Lipinski definition) is 1. The standard InChI is InChI=1S/C19H20O2S/c20-13-14-22-18(12-11-16-7-3-1-4-8-16)15-19(21)17-9-5-2-6-10-17/h1-10,15,20H,11-14H2/b18-15+. The fraction of sp³-hybridized carbons (Fsp3) is 0.211. The lowest BCUT2D eigenvalue weighted by Crippen LogP contribution is -1.98. The number of allylic oxidation sites excluding steroid dienone is 2. The van der Waals surface area contributed by atoms with E-state index < -0.39 is 0 Å². The van der Waals surface area contributed by atoms with Crippen LogP contribution >= 0.6 is 11.8 Å². The molecule has 0 heterocycles. The van der Waals surface area contributed by atoms with Crippen molar-refractivity contribution in [1.29, 1.82) is 0 Å². The molecular weight excluding hydrogens is 292 g/mol. The zero-order valence-corrected chi connectivity index (χ0v) is 13.3. The maximum Gasteiger partial charge on any atom is 0.186 e. The molecule has 2 aromatic carbocycles. The van der Waals surface area contributed by atoms with Gasteiger partial charge in [-0.1, -0.05) is 60.7 Å². The van der Waals surface area contributed by atoms with Crippen molar-refractivity contribution in [3.05, 3.63) is 82.8 Å². The molecular formula is C19H20O2S. The van der Waals surface area contributed by atoms with E-state index in [1.54, 1.807) is 17.8 Å². The largest absolute Gasteiger partial charge is 0.396 e. The van der Waals surface area contributed by atoms with E-state index in [0.29, 0.717) is 11.3 Å². The van der Waals surface area contributed by atoms with Gasteiger partial charge < -0.3 is 5.11 Å². The van der Waals surface area contributed by atoms with Crippen LogP contribution in [0.3, 0.4) is 0 Å². The molecule has 0 bridgehead atoms. The molecule has 2 rings (SSSR count). The third kappa shape index (κ3) is 5.51. The highest BCUT2D eigenvalue weighted by Gasteiger charge is 2.06. The topological polar surface area (TPSA) is 37.3 Å². The molecule has 1 N–H and O–H groups in total. The molecule has 2 nitrogen and oxygen atoms in total. The molecule has 0 atom stereocenters. The highest BCUT2D eigenvalue weighted by Crippen LogP contribution is 2.22. The van der Waals surface area contributed by atoms with Gasteiger partial charge in [0.2, 0.25) is 0 Å². The van der Waals surface area contributed by atoms with Gasteiger partial charge in [0.1, 0.15) is 0 Å². The van der Waals surface area contributed by atoms with Crippen LogP contribution in [-0.4, -0.2) is 23.2 Å². The maximum absolute atomic E-state index is 12.3. The molecule has 0 aliphatic heterocycles. The van der Waals surface area contributed by atoms with E-state index in [9.17, 15) is 4.79 Å². The molecule has 3 heteroatoms. The Morgan fingerprint density at radius 1 is 1.00 bits per heavy atom. The Labute approximate surface area is 135 Å². The van der Waals surface area contributed by atoms with Crippen molar-refractivity contribution in [2.24, 2.45) is 0 Å². The molecule has 22 heavy (non-hydrogen) atoms. The van der Waals surface area contributed by atoms with E-state index in [0.717, 1.165) is 17.7 Å². The summed E-state index contributed by atoms with van der Waals surface area (Å²) >= 11 is 1.55. The Morgan fingerprint density at radius 3 is 2.27 bits per heavy atom. The lowest BCUT2D eigenvalue weighted by atomic mass is 10.1. The first-order valence-corrected chi connectivity index (χ1v) is 8.35. The molecule has 0 fully saturated rings.